The van der Waals surface area contributed by atoms with E-state index >= 15 is 0 Å². The minimum absolute atomic E-state index is 0.769. The molecule has 0 amide bonds. The second kappa shape index (κ2) is 6.49. The van der Waals surface area contributed by atoms with Gasteiger partial charge in [0.1, 0.15) is 0 Å². The van der Waals surface area contributed by atoms with Crippen LogP contribution < -0.4 is 15.2 Å². The normalized spacial score (nSPS) is 8.00. The van der Waals surface area contributed by atoms with Crippen LogP contribution in [-0.2, 0) is 0 Å². The number of methoxy groups -OCH3 is 2. The summed E-state index contributed by atoms with van der Waals surface area (Å²) in [5.41, 5.74) is 4.50. The van der Waals surface area contributed by atoms with E-state index in [1.54, 1.807) is 14.2 Å². The van der Waals surface area contributed by atoms with Crippen LogP contribution in [0.2, 0.25) is 0 Å². The number of hydrogen-bond donors (Lipinski definition) is 1. The molecule has 0 unspecified atom stereocenters. The van der Waals surface area contributed by atoms with Crippen molar-refractivity contribution in [2.75, 3.05) is 21.3 Å². The second-order valence-electron chi connectivity index (χ2n) is 1.85. The molecule has 0 fully saturated rings. The molecular formula is C9H15NO2. The molecule has 1 aromatic rings. The zero-order chi connectivity index (χ0) is 9.40. The third-order valence-corrected chi connectivity index (χ3v) is 1.29. The van der Waals surface area contributed by atoms with E-state index in [9.17, 15) is 0 Å². The van der Waals surface area contributed by atoms with Gasteiger partial charge < -0.3 is 15.2 Å². The van der Waals surface area contributed by atoms with Crippen molar-refractivity contribution >= 4 is 0 Å². The van der Waals surface area contributed by atoms with Gasteiger partial charge in [-0.05, 0) is 19.2 Å². The van der Waals surface area contributed by atoms with Crippen LogP contribution >= 0.6 is 0 Å². The van der Waals surface area contributed by atoms with Crippen LogP contribution in [0.3, 0.4) is 0 Å². The highest BCUT2D eigenvalue weighted by atomic mass is 16.5. The minimum Gasteiger partial charge on any atom is -0.493 e. The summed E-state index contributed by atoms with van der Waals surface area (Å²) in [6.45, 7) is 0. The van der Waals surface area contributed by atoms with Crippen LogP contribution in [0.15, 0.2) is 24.3 Å². The molecule has 3 heteroatoms. The molecule has 1 aromatic carbocycles. The highest BCUT2D eigenvalue weighted by Gasteiger charge is 1.97. The lowest BCUT2D eigenvalue weighted by Gasteiger charge is -2.04. The van der Waals surface area contributed by atoms with Crippen molar-refractivity contribution < 1.29 is 9.47 Å². The summed E-state index contributed by atoms with van der Waals surface area (Å²) in [7, 11) is 4.75. The van der Waals surface area contributed by atoms with Crippen LogP contribution in [0.1, 0.15) is 0 Å². The van der Waals surface area contributed by atoms with Gasteiger partial charge in [-0.15, -0.1) is 0 Å². The van der Waals surface area contributed by atoms with Gasteiger partial charge in [-0.2, -0.15) is 0 Å². The number of para-hydroxylation sites is 2. The van der Waals surface area contributed by atoms with E-state index < -0.39 is 0 Å². The fourth-order valence-corrected chi connectivity index (χ4v) is 0.787. The van der Waals surface area contributed by atoms with Crippen LogP contribution in [0.4, 0.5) is 0 Å². The molecular weight excluding hydrogens is 154 g/mol. The third kappa shape index (κ3) is 2.80. The molecule has 0 saturated carbocycles. The topological polar surface area (TPSA) is 44.5 Å². The molecule has 0 saturated heterocycles. The van der Waals surface area contributed by atoms with E-state index in [4.69, 9.17) is 9.47 Å². The first kappa shape index (κ1) is 10.8. The fraction of sp³-hybridized carbons (Fsp3) is 0.333. The van der Waals surface area contributed by atoms with Crippen molar-refractivity contribution in [1.29, 1.82) is 0 Å². The summed E-state index contributed by atoms with van der Waals surface area (Å²) in [5, 5.41) is 0. The standard InChI is InChI=1S/C8H10O2.CH5N/c1-9-7-5-3-4-6-8(7)10-2;1-2/h3-6H,1-2H3;2H2,1H3. The Bertz CT molecular complexity index is 190. The number of benzene rings is 1. The SMILES string of the molecule is CN.COc1ccccc1OC. The van der Waals surface area contributed by atoms with Crippen LogP contribution in [0.25, 0.3) is 0 Å². The zero-order valence-corrected chi connectivity index (χ0v) is 7.70. The molecule has 0 aromatic heterocycles. The van der Waals surface area contributed by atoms with Gasteiger partial charge in [-0.1, -0.05) is 12.1 Å². The first-order valence-corrected chi connectivity index (χ1v) is 3.63. The number of hydrogen-bond acceptors (Lipinski definition) is 3. The molecule has 0 atom stereocenters. The van der Waals surface area contributed by atoms with Crippen LogP contribution in [0, 0.1) is 0 Å². The average Bonchev–Trinajstić information content (AvgIpc) is 2.20. The lowest BCUT2D eigenvalue weighted by molar-refractivity contribution is 0.355. The largest absolute Gasteiger partial charge is 0.493 e. The molecule has 2 N–H and O–H groups in total. The van der Waals surface area contributed by atoms with Gasteiger partial charge >= 0.3 is 0 Å². The Labute approximate surface area is 73.1 Å². The van der Waals surface area contributed by atoms with E-state index in [1.165, 1.54) is 7.05 Å². The Balaban J connectivity index is 0.000000561. The number of rotatable bonds is 2. The maximum atomic E-state index is 5.01. The molecule has 0 aliphatic carbocycles. The van der Waals surface area contributed by atoms with E-state index in [0.29, 0.717) is 0 Å². The van der Waals surface area contributed by atoms with Crippen molar-refractivity contribution in [3.63, 3.8) is 0 Å². The second-order valence-corrected chi connectivity index (χ2v) is 1.85. The lowest BCUT2D eigenvalue weighted by atomic mass is 10.3. The molecule has 0 radical (unpaired) electrons. The maximum absolute atomic E-state index is 5.01. The Kier molecular flexibility index (Phi) is 5.83. The van der Waals surface area contributed by atoms with Crippen molar-refractivity contribution in [1.82, 2.24) is 0 Å². The smallest absolute Gasteiger partial charge is 0.160 e. The van der Waals surface area contributed by atoms with Gasteiger partial charge in [0.05, 0.1) is 14.2 Å². The van der Waals surface area contributed by atoms with Gasteiger partial charge in [0, 0.05) is 0 Å². The number of ether oxygens (including phenoxy) is 2. The van der Waals surface area contributed by atoms with Gasteiger partial charge in [0.25, 0.3) is 0 Å². The number of nitrogens with two attached hydrogens (primary N) is 1. The molecule has 0 heterocycles. The lowest BCUT2D eigenvalue weighted by Crippen LogP contribution is -1.88. The molecule has 0 aliphatic rings. The minimum atomic E-state index is 0.769. The molecule has 68 valence electrons. The fourth-order valence-electron chi connectivity index (χ4n) is 0.787. The highest BCUT2D eigenvalue weighted by molar-refractivity contribution is 5.38. The van der Waals surface area contributed by atoms with Crippen LogP contribution in [0.5, 0.6) is 11.5 Å². The average molecular weight is 169 g/mol. The Morgan fingerprint density at radius 2 is 1.25 bits per heavy atom. The first-order valence-electron chi connectivity index (χ1n) is 3.63. The summed E-state index contributed by atoms with van der Waals surface area (Å²) in [6, 6.07) is 7.53. The van der Waals surface area contributed by atoms with Crippen molar-refractivity contribution in [2.24, 2.45) is 5.73 Å². The van der Waals surface area contributed by atoms with Gasteiger partial charge in [-0.25, -0.2) is 0 Å². The van der Waals surface area contributed by atoms with E-state index in [1.807, 2.05) is 24.3 Å². The van der Waals surface area contributed by atoms with Crippen LogP contribution in [-0.4, -0.2) is 21.3 Å². The first-order chi connectivity index (χ1) is 5.88. The van der Waals surface area contributed by atoms with E-state index in [2.05, 4.69) is 5.73 Å². The van der Waals surface area contributed by atoms with Crippen molar-refractivity contribution in [2.45, 2.75) is 0 Å². The molecule has 12 heavy (non-hydrogen) atoms. The summed E-state index contributed by atoms with van der Waals surface area (Å²) < 4.78 is 10.0. The molecule has 1 rings (SSSR count). The van der Waals surface area contributed by atoms with E-state index in [0.717, 1.165) is 11.5 Å². The monoisotopic (exact) mass is 169 g/mol. The van der Waals surface area contributed by atoms with Gasteiger partial charge in [0.2, 0.25) is 0 Å². The van der Waals surface area contributed by atoms with Crippen molar-refractivity contribution in [3.05, 3.63) is 24.3 Å². The predicted octanol–water partition coefficient (Wildman–Crippen LogP) is 1.28. The molecule has 0 aliphatic heterocycles. The Morgan fingerprint density at radius 3 is 1.50 bits per heavy atom. The third-order valence-electron chi connectivity index (χ3n) is 1.29. The highest BCUT2D eigenvalue weighted by Crippen LogP contribution is 2.24. The summed E-state index contributed by atoms with van der Waals surface area (Å²) in [4.78, 5) is 0. The quantitative estimate of drug-likeness (QED) is 0.725. The molecule has 0 bridgehead atoms. The maximum Gasteiger partial charge on any atom is 0.160 e. The predicted molar refractivity (Wildman–Crippen MR) is 49.7 cm³/mol. The summed E-state index contributed by atoms with van der Waals surface area (Å²) in [5.74, 6) is 1.54. The van der Waals surface area contributed by atoms with Crippen molar-refractivity contribution in [3.8, 4) is 11.5 Å². The molecule has 0 spiro atoms. The molecule has 3 nitrogen and oxygen atoms in total. The Morgan fingerprint density at radius 1 is 0.917 bits per heavy atom. The Hall–Kier alpha value is -1.22. The van der Waals surface area contributed by atoms with Gasteiger partial charge in [-0.3, -0.25) is 0 Å². The van der Waals surface area contributed by atoms with E-state index in [-0.39, 0.29) is 0 Å². The summed E-state index contributed by atoms with van der Waals surface area (Å²) in [6.07, 6.45) is 0. The van der Waals surface area contributed by atoms with Gasteiger partial charge in [0.15, 0.2) is 11.5 Å². The zero-order valence-electron chi connectivity index (χ0n) is 7.70. The summed E-state index contributed by atoms with van der Waals surface area (Å²) >= 11 is 0.